The zero-order valence-electron chi connectivity index (χ0n) is 11.5. The molecular formula is C17H18BrNO. The number of methoxy groups -OCH3 is 1. The highest BCUT2D eigenvalue weighted by Crippen LogP contribution is 2.42. The molecule has 3 heteroatoms. The first kappa shape index (κ1) is 13.5. The van der Waals surface area contributed by atoms with Crippen molar-refractivity contribution in [3.63, 3.8) is 0 Å². The van der Waals surface area contributed by atoms with Gasteiger partial charge in [-0.05, 0) is 58.5 Å². The van der Waals surface area contributed by atoms with E-state index in [1.807, 2.05) is 18.2 Å². The van der Waals surface area contributed by atoms with Gasteiger partial charge in [0, 0.05) is 16.2 Å². The van der Waals surface area contributed by atoms with E-state index >= 15 is 0 Å². The fourth-order valence-electron chi connectivity index (χ4n) is 2.79. The van der Waals surface area contributed by atoms with E-state index in [0.717, 1.165) is 23.1 Å². The predicted octanol–water partition coefficient (Wildman–Crippen LogP) is 4.82. The molecule has 1 saturated carbocycles. The number of anilines is 1. The molecule has 0 aromatic heterocycles. The van der Waals surface area contributed by atoms with Crippen molar-refractivity contribution in [2.45, 2.75) is 24.8 Å². The average molecular weight is 332 g/mol. The Morgan fingerprint density at radius 1 is 1.05 bits per heavy atom. The summed E-state index contributed by atoms with van der Waals surface area (Å²) in [6, 6.07) is 17.2. The van der Waals surface area contributed by atoms with Gasteiger partial charge in [-0.25, -0.2) is 0 Å². The third-order valence-corrected chi connectivity index (χ3v) is 4.64. The number of hydrogen-bond donors (Lipinski definition) is 1. The number of benzene rings is 2. The first-order valence-corrected chi connectivity index (χ1v) is 7.71. The highest BCUT2D eigenvalue weighted by molar-refractivity contribution is 9.10. The van der Waals surface area contributed by atoms with Crippen molar-refractivity contribution >= 4 is 21.6 Å². The Kier molecular flexibility index (Phi) is 3.97. The molecule has 3 rings (SSSR count). The highest BCUT2D eigenvalue weighted by Gasteiger charge is 2.32. The van der Waals surface area contributed by atoms with Gasteiger partial charge in [-0.15, -0.1) is 0 Å². The summed E-state index contributed by atoms with van der Waals surface area (Å²) in [5.41, 5.74) is 2.51. The molecule has 1 aliphatic carbocycles. The monoisotopic (exact) mass is 331 g/mol. The maximum Gasteiger partial charge on any atom is 0.122 e. The molecule has 0 unspecified atom stereocenters. The minimum Gasteiger partial charge on any atom is -0.496 e. The second kappa shape index (κ2) is 5.88. The largest absolute Gasteiger partial charge is 0.496 e. The van der Waals surface area contributed by atoms with Gasteiger partial charge in [0.1, 0.15) is 5.75 Å². The Labute approximate surface area is 128 Å². The van der Waals surface area contributed by atoms with Crippen LogP contribution in [-0.4, -0.2) is 13.2 Å². The molecule has 1 fully saturated rings. The summed E-state index contributed by atoms with van der Waals surface area (Å²) >= 11 is 3.58. The SMILES string of the molecule is COc1ccccc1C1CC(Nc2ccccc2Br)C1. The molecular weight excluding hydrogens is 314 g/mol. The van der Waals surface area contributed by atoms with Crippen LogP contribution in [0.25, 0.3) is 0 Å². The summed E-state index contributed by atoms with van der Waals surface area (Å²) < 4.78 is 6.57. The fraction of sp³-hybridized carbons (Fsp3) is 0.294. The molecule has 104 valence electrons. The standard InChI is InChI=1S/C17H18BrNO/c1-20-17-9-5-2-6-14(17)12-10-13(11-12)19-16-8-4-3-7-15(16)18/h2-9,12-13,19H,10-11H2,1H3. The van der Waals surface area contributed by atoms with Gasteiger partial charge in [-0.1, -0.05) is 30.3 Å². The molecule has 2 aromatic rings. The van der Waals surface area contributed by atoms with Gasteiger partial charge in [-0.2, -0.15) is 0 Å². The number of nitrogens with one attached hydrogen (secondary N) is 1. The Bertz CT molecular complexity index is 593. The maximum atomic E-state index is 5.45. The van der Waals surface area contributed by atoms with E-state index in [1.165, 1.54) is 11.3 Å². The number of ether oxygens (including phenoxy) is 1. The molecule has 1 N–H and O–H groups in total. The van der Waals surface area contributed by atoms with Crippen LogP contribution in [0.5, 0.6) is 5.75 Å². The molecule has 1 aliphatic rings. The first-order chi connectivity index (χ1) is 9.78. The van der Waals surface area contributed by atoms with Crippen molar-refractivity contribution in [3.05, 3.63) is 58.6 Å². The van der Waals surface area contributed by atoms with Gasteiger partial charge in [-0.3, -0.25) is 0 Å². The zero-order chi connectivity index (χ0) is 13.9. The van der Waals surface area contributed by atoms with Crippen LogP contribution in [0.4, 0.5) is 5.69 Å². The molecule has 0 saturated heterocycles. The quantitative estimate of drug-likeness (QED) is 0.867. The summed E-state index contributed by atoms with van der Waals surface area (Å²) in [6.45, 7) is 0. The predicted molar refractivity (Wildman–Crippen MR) is 86.5 cm³/mol. The lowest BCUT2D eigenvalue weighted by atomic mass is 9.75. The normalized spacial score (nSPS) is 21.1. The van der Waals surface area contributed by atoms with Crippen LogP contribution < -0.4 is 10.1 Å². The minimum atomic E-state index is 0.545. The van der Waals surface area contributed by atoms with Crippen molar-refractivity contribution in [3.8, 4) is 5.75 Å². The third-order valence-electron chi connectivity index (χ3n) is 3.95. The first-order valence-electron chi connectivity index (χ1n) is 6.92. The highest BCUT2D eigenvalue weighted by atomic mass is 79.9. The van der Waals surface area contributed by atoms with E-state index in [1.54, 1.807) is 7.11 Å². The molecule has 20 heavy (non-hydrogen) atoms. The number of para-hydroxylation sites is 2. The van der Waals surface area contributed by atoms with Crippen molar-refractivity contribution in [1.82, 2.24) is 0 Å². The molecule has 0 spiro atoms. The van der Waals surface area contributed by atoms with Crippen LogP contribution in [0.15, 0.2) is 53.0 Å². The van der Waals surface area contributed by atoms with E-state index in [0.29, 0.717) is 12.0 Å². The fourth-order valence-corrected chi connectivity index (χ4v) is 3.19. The zero-order valence-corrected chi connectivity index (χ0v) is 13.1. The van der Waals surface area contributed by atoms with Crippen molar-refractivity contribution in [2.75, 3.05) is 12.4 Å². The summed E-state index contributed by atoms with van der Waals surface area (Å²) in [5, 5.41) is 3.60. The number of hydrogen-bond acceptors (Lipinski definition) is 2. The number of halogens is 1. The summed E-state index contributed by atoms with van der Waals surface area (Å²) in [5.74, 6) is 1.61. The number of rotatable bonds is 4. The van der Waals surface area contributed by atoms with E-state index in [2.05, 4.69) is 51.6 Å². The van der Waals surface area contributed by atoms with Gasteiger partial charge in [0.05, 0.1) is 7.11 Å². The van der Waals surface area contributed by atoms with Crippen LogP contribution in [0.3, 0.4) is 0 Å². The molecule has 2 aromatic carbocycles. The molecule has 0 radical (unpaired) electrons. The summed E-state index contributed by atoms with van der Waals surface area (Å²) in [7, 11) is 1.74. The minimum absolute atomic E-state index is 0.545. The smallest absolute Gasteiger partial charge is 0.122 e. The maximum absolute atomic E-state index is 5.45. The second-order valence-corrected chi connectivity index (χ2v) is 6.09. The molecule has 0 atom stereocenters. The molecule has 2 nitrogen and oxygen atoms in total. The van der Waals surface area contributed by atoms with E-state index in [9.17, 15) is 0 Å². The van der Waals surface area contributed by atoms with Gasteiger partial charge in [0.2, 0.25) is 0 Å². The van der Waals surface area contributed by atoms with E-state index in [4.69, 9.17) is 4.74 Å². The topological polar surface area (TPSA) is 21.3 Å². The Morgan fingerprint density at radius 3 is 2.50 bits per heavy atom. The van der Waals surface area contributed by atoms with Crippen LogP contribution >= 0.6 is 15.9 Å². The van der Waals surface area contributed by atoms with Gasteiger partial charge >= 0.3 is 0 Å². The van der Waals surface area contributed by atoms with Gasteiger partial charge in [0.15, 0.2) is 0 Å². The van der Waals surface area contributed by atoms with Crippen LogP contribution in [0.2, 0.25) is 0 Å². The van der Waals surface area contributed by atoms with Crippen LogP contribution in [0.1, 0.15) is 24.3 Å². The Hall–Kier alpha value is -1.48. The molecule has 0 heterocycles. The van der Waals surface area contributed by atoms with Gasteiger partial charge < -0.3 is 10.1 Å². The molecule has 0 amide bonds. The van der Waals surface area contributed by atoms with Crippen molar-refractivity contribution in [1.29, 1.82) is 0 Å². The lowest BCUT2D eigenvalue weighted by Gasteiger charge is -2.37. The average Bonchev–Trinajstić information content (AvgIpc) is 2.44. The molecule has 0 aliphatic heterocycles. The molecule has 0 bridgehead atoms. The third kappa shape index (κ3) is 2.68. The Morgan fingerprint density at radius 2 is 1.75 bits per heavy atom. The summed E-state index contributed by atoms with van der Waals surface area (Å²) in [6.07, 6.45) is 2.31. The van der Waals surface area contributed by atoms with Crippen LogP contribution in [0, 0.1) is 0 Å². The second-order valence-electron chi connectivity index (χ2n) is 5.23. The van der Waals surface area contributed by atoms with E-state index < -0.39 is 0 Å². The lowest BCUT2D eigenvalue weighted by molar-refractivity contribution is 0.349. The Balaban J connectivity index is 1.63. The summed E-state index contributed by atoms with van der Waals surface area (Å²) in [4.78, 5) is 0. The van der Waals surface area contributed by atoms with Crippen molar-refractivity contribution < 1.29 is 4.74 Å². The van der Waals surface area contributed by atoms with Gasteiger partial charge in [0.25, 0.3) is 0 Å². The van der Waals surface area contributed by atoms with E-state index in [-0.39, 0.29) is 0 Å². The lowest BCUT2D eigenvalue weighted by Crippen LogP contribution is -2.34. The van der Waals surface area contributed by atoms with Crippen molar-refractivity contribution in [2.24, 2.45) is 0 Å². The van der Waals surface area contributed by atoms with Crippen LogP contribution in [-0.2, 0) is 0 Å².